The number of carbonyl (C=O) groups excluding carboxylic acids is 1. The maximum atomic E-state index is 12.1. The van der Waals surface area contributed by atoms with E-state index in [1.807, 2.05) is 30.3 Å². The molecule has 1 aliphatic carbocycles. The van der Waals surface area contributed by atoms with Gasteiger partial charge in [0.2, 0.25) is 5.91 Å². The zero-order chi connectivity index (χ0) is 13.1. The number of hydrogen-bond acceptors (Lipinski definition) is 2. The van der Waals surface area contributed by atoms with Gasteiger partial charge < -0.3 is 5.32 Å². The van der Waals surface area contributed by atoms with Crippen molar-refractivity contribution in [2.75, 3.05) is 5.32 Å². The van der Waals surface area contributed by atoms with Crippen LogP contribution in [-0.2, 0) is 4.79 Å². The normalized spacial score (nSPS) is 15.8. The molecule has 0 aliphatic heterocycles. The van der Waals surface area contributed by atoms with Crippen LogP contribution in [0.5, 0.6) is 0 Å². The van der Waals surface area contributed by atoms with Crippen LogP contribution in [0, 0.1) is 5.92 Å². The molecule has 0 atom stereocenters. The lowest BCUT2D eigenvalue weighted by Gasteiger charge is -2.11. The Bertz CT molecular complexity index is 583. The van der Waals surface area contributed by atoms with Gasteiger partial charge in [-0.3, -0.25) is 9.78 Å². The van der Waals surface area contributed by atoms with E-state index in [2.05, 4.69) is 10.3 Å². The van der Waals surface area contributed by atoms with E-state index < -0.39 is 0 Å². The summed E-state index contributed by atoms with van der Waals surface area (Å²) >= 11 is 0. The molecule has 0 radical (unpaired) electrons. The molecule has 1 heterocycles. The van der Waals surface area contributed by atoms with Crippen LogP contribution in [0.25, 0.3) is 10.9 Å². The molecule has 3 heteroatoms. The van der Waals surface area contributed by atoms with E-state index >= 15 is 0 Å². The standard InChI is InChI=1S/C16H18N2O/c19-15(11-12-5-1-2-6-12)18-14-9-3-7-13-8-4-10-17-16(13)14/h3-4,7-10,12H,1-2,5-6,11H2,(H,18,19). The number of aromatic nitrogens is 1. The maximum Gasteiger partial charge on any atom is 0.224 e. The van der Waals surface area contributed by atoms with Crippen molar-refractivity contribution in [3.8, 4) is 0 Å². The lowest BCUT2D eigenvalue weighted by molar-refractivity contribution is -0.117. The van der Waals surface area contributed by atoms with Gasteiger partial charge in [-0.1, -0.05) is 31.0 Å². The Morgan fingerprint density at radius 3 is 2.84 bits per heavy atom. The molecule has 0 unspecified atom stereocenters. The average Bonchev–Trinajstić information content (AvgIpc) is 2.92. The Hall–Kier alpha value is -1.90. The summed E-state index contributed by atoms with van der Waals surface area (Å²) in [6, 6.07) is 9.80. The van der Waals surface area contributed by atoms with E-state index in [-0.39, 0.29) is 5.91 Å². The summed E-state index contributed by atoms with van der Waals surface area (Å²) < 4.78 is 0. The number of pyridine rings is 1. The molecular weight excluding hydrogens is 236 g/mol. The van der Waals surface area contributed by atoms with Crippen molar-refractivity contribution < 1.29 is 4.79 Å². The van der Waals surface area contributed by atoms with Crippen LogP contribution < -0.4 is 5.32 Å². The van der Waals surface area contributed by atoms with E-state index in [1.165, 1.54) is 25.7 Å². The molecule has 1 amide bonds. The van der Waals surface area contributed by atoms with Gasteiger partial charge in [0, 0.05) is 18.0 Å². The number of nitrogens with one attached hydrogen (secondary N) is 1. The van der Waals surface area contributed by atoms with E-state index in [4.69, 9.17) is 0 Å². The first-order chi connectivity index (χ1) is 9.33. The van der Waals surface area contributed by atoms with Gasteiger partial charge in [0.1, 0.15) is 0 Å². The molecule has 1 aromatic carbocycles. The predicted molar refractivity (Wildman–Crippen MR) is 76.9 cm³/mol. The summed E-state index contributed by atoms with van der Waals surface area (Å²) in [6.07, 6.45) is 7.34. The smallest absolute Gasteiger partial charge is 0.224 e. The Kier molecular flexibility index (Phi) is 3.45. The Morgan fingerprint density at radius 2 is 2.00 bits per heavy atom. The van der Waals surface area contributed by atoms with Gasteiger partial charge >= 0.3 is 0 Å². The van der Waals surface area contributed by atoms with Crippen LogP contribution in [0.3, 0.4) is 0 Å². The highest BCUT2D eigenvalue weighted by atomic mass is 16.1. The maximum absolute atomic E-state index is 12.1. The van der Waals surface area contributed by atoms with Crippen molar-refractivity contribution in [2.45, 2.75) is 32.1 Å². The van der Waals surface area contributed by atoms with Crippen molar-refractivity contribution in [2.24, 2.45) is 5.92 Å². The molecule has 98 valence electrons. The van der Waals surface area contributed by atoms with Crippen LogP contribution in [-0.4, -0.2) is 10.9 Å². The number of rotatable bonds is 3. The van der Waals surface area contributed by atoms with Gasteiger partial charge in [0.25, 0.3) is 0 Å². The van der Waals surface area contributed by atoms with Crippen molar-refractivity contribution in [3.63, 3.8) is 0 Å². The number of amides is 1. The summed E-state index contributed by atoms with van der Waals surface area (Å²) in [7, 11) is 0. The molecule has 19 heavy (non-hydrogen) atoms. The molecule has 3 nitrogen and oxygen atoms in total. The summed E-state index contributed by atoms with van der Waals surface area (Å²) in [5.74, 6) is 0.688. The number of para-hydroxylation sites is 1. The fraction of sp³-hybridized carbons (Fsp3) is 0.375. The first-order valence-electron chi connectivity index (χ1n) is 6.96. The number of benzene rings is 1. The molecule has 1 aliphatic rings. The monoisotopic (exact) mass is 254 g/mol. The van der Waals surface area contributed by atoms with Crippen molar-refractivity contribution in [1.29, 1.82) is 0 Å². The largest absolute Gasteiger partial charge is 0.324 e. The minimum Gasteiger partial charge on any atom is -0.324 e. The summed E-state index contributed by atoms with van der Waals surface area (Å²) in [5, 5.41) is 4.07. The topological polar surface area (TPSA) is 42.0 Å². The predicted octanol–water partition coefficient (Wildman–Crippen LogP) is 3.75. The Labute approximate surface area is 113 Å². The molecule has 0 bridgehead atoms. The van der Waals surface area contributed by atoms with Crippen LogP contribution in [0.15, 0.2) is 36.5 Å². The molecule has 0 spiro atoms. The molecular formula is C16H18N2O. The molecule has 1 saturated carbocycles. The number of hydrogen-bond donors (Lipinski definition) is 1. The van der Waals surface area contributed by atoms with Gasteiger partial charge in [-0.2, -0.15) is 0 Å². The fourth-order valence-electron chi connectivity index (χ4n) is 2.88. The third kappa shape index (κ3) is 2.75. The number of nitrogens with zero attached hydrogens (tertiary/aromatic N) is 1. The van der Waals surface area contributed by atoms with Crippen molar-refractivity contribution >= 4 is 22.5 Å². The molecule has 1 aromatic heterocycles. The van der Waals surface area contributed by atoms with Crippen molar-refractivity contribution in [3.05, 3.63) is 36.5 Å². The van der Waals surface area contributed by atoms with Crippen LogP contribution >= 0.6 is 0 Å². The SMILES string of the molecule is O=C(CC1CCCC1)Nc1cccc2cccnc12. The molecule has 1 N–H and O–H groups in total. The second-order valence-electron chi connectivity index (χ2n) is 5.28. The lowest BCUT2D eigenvalue weighted by atomic mass is 10.0. The first-order valence-corrected chi connectivity index (χ1v) is 6.96. The van der Waals surface area contributed by atoms with Crippen molar-refractivity contribution in [1.82, 2.24) is 4.98 Å². The van der Waals surface area contributed by atoms with Crippen LogP contribution in [0.2, 0.25) is 0 Å². The number of anilines is 1. The zero-order valence-electron chi connectivity index (χ0n) is 10.9. The minimum atomic E-state index is 0.116. The van der Waals surface area contributed by atoms with Crippen LogP contribution in [0.4, 0.5) is 5.69 Å². The van der Waals surface area contributed by atoms with Gasteiger partial charge in [-0.25, -0.2) is 0 Å². The third-order valence-corrected chi connectivity index (χ3v) is 3.86. The van der Waals surface area contributed by atoms with Gasteiger partial charge in [-0.15, -0.1) is 0 Å². The summed E-state index contributed by atoms with van der Waals surface area (Å²) in [5.41, 5.74) is 1.69. The molecule has 1 fully saturated rings. The van der Waals surface area contributed by atoms with Gasteiger partial charge in [0.05, 0.1) is 11.2 Å². The number of carbonyl (C=O) groups is 1. The molecule has 2 aromatic rings. The Morgan fingerprint density at radius 1 is 1.21 bits per heavy atom. The number of fused-ring (bicyclic) bond motifs is 1. The fourth-order valence-corrected chi connectivity index (χ4v) is 2.88. The highest BCUT2D eigenvalue weighted by molar-refractivity contribution is 6.00. The van der Waals surface area contributed by atoms with Gasteiger partial charge in [0.15, 0.2) is 0 Å². The average molecular weight is 254 g/mol. The van der Waals surface area contributed by atoms with E-state index in [0.29, 0.717) is 12.3 Å². The lowest BCUT2D eigenvalue weighted by Crippen LogP contribution is -2.15. The second kappa shape index (κ2) is 5.39. The first kappa shape index (κ1) is 12.2. The van der Waals surface area contributed by atoms with E-state index in [0.717, 1.165) is 16.6 Å². The second-order valence-corrected chi connectivity index (χ2v) is 5.28. The van der Waals surface area contributed by atoms with Crippen LogP contribution in [0.1, 0.15) is 32.1 Å². The third-order valence-electron chi connectivity index (χ3n) is 3.86. The minimum absolute atomic E-state index is 0.116. The molecule has 0 saturated heterocycles. The quantitative estimate of drug-likeness (QED) is 0.906. The summed E-state index contributed by atoms with van der Waals surface area (Å²) in [6.45, 7) is 0. The highest BCUT2D eigenvalue weighted by Gasteiger charge is 2.18. The highest BCUT2D eigenvalue weighted by Crippen LogP contribution is 2.28. The summed E-state index contributed by atoms with van der Waals surface area (Å²) in [4.78, 5) is 16.4. The molecule has 3 rings (SSSR count). The van der Waals surface area contributed by atoms with E-state index in [1.54, 1.807) is 6.20 Å². The van der Waals surface area contributed by atoms with Gasteiger partial charge in [-0.05, 0) is 30.9 Å². The zero-order valence-corrected chi connectivity index (χ0v) is 10.9. The Balaban J connectivity index is 1.75. The van der Waals surface area contributed by atoms with E-state index in [9.17, 15) is 4.79 Å².